The van der Waals surface area contributed by atoms with Gasteiger partial charge in [-0.1, -0.05) is 48.5 Å². The van der Waals surface area contributed by atoms with Gasteiger partial charge in [-0.25, -0.2) is 4.79 Å². The molecule has 0 saturated carbocycles. The molecule has 32 heavy (non-hydrogen) atoms. The lowest BCUT2D eigenvalue weighted by Gasteiger charge is -2.30. The summed E-state index contributed by atoms with van der Waals surface area (Å²) in [5, 5.41) is 8.40. The molecular weight excluding hydrogens is 406 g/mol. The van der Waals surface area contributed by atoms with E-state index < -0.39 is 12.1 Å². The van der Waals surface area contributed by atoms with Crippen LogP contribution >= 0.6 is 0 Å². The van der Waals surface area contributed by atoms with Crippen molar-refractivity contribution >= 4 is 29.2 Å². The van der Waals surface area contributed by atoms with E-state index in [1.54, 1.807) is 36.5 Å². The summed E-state index contributed by atoms with van der Waals surface area (Å²) in [6.45, 7) is 0.117. The molecule has 3 N–H and O–H groups in total. The number of nitrogens with zero attached hydrogens (tertiary/aromatic N) is 2. The second-order valence-electron chi connectivity index (χ2n) is 7.38. The zero-order chi connectivity index (χ0) is 22.3. The predicted octanol–water partition coefficient (Wildman–Crippen LogP) is 2.48. The van der Waals surface area contributed by atoms with E-state index in [2.05, 4.69) is 20.9 Å². The molecule has 0 bridgehead atoms. The fourth-order valence-electron chi connectivity index (χ4n) is 3.50. The minimum atomic E-state index is -0.828. The molecule has 1 aromatic heterocycles. The maximum absolute atomic E-state index is 13.1. The number of para-hydroxylation sites is 2. The fraction of sp³-hybridized carbons (Fsp3) is 0.167. The van der Waals surface area contributed by atoms with Crippen molar-refractivity contribution in [2.75, 3.05) is 16.8 Å². The summed E-state index contributed by atoms with van der Waals surface area (Å²) in [4.78, 5) is 43.8. The van der Waals surface area contributed by atoms with Gasteiger partial charge in [-0.3, -0.25) is 19.5 Å². The Hall–Kier alpha value is -4.20. The quantitative estimate of drug-likeness (QED) is 0.560. The molecule has 0 saturated heterocycles. The van der Waals surface area contributed by atoms with E-state index in [1.165, 1.54) is 4.90 Å². The summed E-state index contributed by atoms with van der Waals surface area (Å²) in [5.41, 5.74) is 2.75. The maximum Gasteiger partial charge on any atom is 0.323 e. The number of hydrogen-bond acceptors (Lipinski definition) is 4. The van der Waals surface area contributed by atoms with Gasteiger partial charge in [0.25, 0.3) is 0 Å². The van der Waals surface area contributed by atoms with Crippen LogP contribution in [-0.2, 0) is 22.6 Å². The molecule has 1 atom stereocenters. The Morgan fingerprint density at radius 3 is 2.53 bits per heavy atom. The molecule has 1 aliphatic rings. The van der Waals surface area contributed by atoms with Crippen LogP contribution in [0.2, 0.25) is 0 Å². The van der Waals surface area contributed by atoms with Crippen molar-refractivity contribution in [3.05, 3.63) is 90.3 Å². The van der Waals surface area contributed by atoms with E-state index >= 15 is 0 Å². The molecule has 0 unspecified atom stereocenters. The molecule has 0 radical (unpaired) electrons. The highest BCUT2D eigenvalue weighted by molar-refractivity contribution is 6.10. The van der Waals surface area contributed by atoms with Crippen LogP contribution in [0, 0.1) is 0 Å². The van der Waals surface area contributed by atoms with Crippen molar-refractivity contribution < 1.29 is 14.4 Å². The van der Waals surface area contributed by atoms with Gasteiger partial charge in [0.2, 0.25) is 11.8 Å². The average molecular weight is 429 g/mol. The molecule has 162 valence electrons. The Labute approximate surface area is 185 Å². The first-order valence-electron chi connectivity index (χ1n) is 10.3. The lowest BCUT2D eigenvalue weighted by Crippen LogP contribution is -2.54. The number of rotatable bonds is 6. The number of pyridine rings is 1. The number of benzene rings is 2. The number of amides is 4. The summed E-state index contributed by atoms with van der Waals surface area (Å²) in [5.74, 6) is -0.624. The third kappa shape index (κ3) is 5.10. The summed E-state index contributed by atoms with van der Waals surface area (Å²) in [6.07, 6.45) is 1.96. The largest absolute Gasteiger partial charge is 0.349 e. The lowest BCUT2D eigenvalue weighted by atomic mass is 10.1. The summed E-state index contributed by atoms with van der Waals surface area (Å²) in [6, 6.07) is 20.6. The van der Waals surface area contributed by atoms with E-state index in [0.717, 1.165) is 5.56 Å². The van der Waals surface area contributed by atoms with Crippen LogP contribution in [0.15, 0.2) is 79.0 Å². The van der Waals surface area contributed by atoms with Crippen molar-refractivity contribution in [3.63, 3.8) is 0 Å². The fourth-order valence-corrected chi connectivity index (χ4v) is 3.50. The molecule has 0 aliphatic carbocycles. The number of carbonyl (C=O) groups excluding carboxylic acids is 3. The number of hydrogen-bond donors (Lipinski definition) is 3. The van der Waals surface area contributed by atoms with E-state index in [4.69, 9.17) is 0 Å². The first kappa shape index (κ1) is 21.0. The SMILES string of the molecule is O=C1CN(C(=O)N[C@@H](Cc2ccccc2)C(=O)NCc2ccccn2)c2ccccc2N1. The summed E-state index contributed by atoms with van der Waals surface area (Å²) in [7, 11) is 0. The first-order chi connectivity index (χ1) is 15.6. The van der Waals surface area contributed by atoms with Crippen LogP contribution < -0.4 is 20.9 Å². The topological polar surface area (TPSA) is 103 Å². The van der Waals surface area contributed by atoms with Crippen LogP contribution in [0.1, 0.15) is 11.3 Å². The number of urea groups is 1. The smallest absolute Gasteiger partial charge is 0.323 e. The van der Waals surface area contributed by atoms with Gasteiger partial charge in [-0.2, -0.15) is 0 Å². The molecule has 0 spiro atoms. The van der Waals surface area contributed by atoms with Crippen molar-refractivity contribution in [2.45, 2.75) is 19.0 Å². The number of aromatic nitrogens is 1. The van der Waals surface area contributed by atoms with Crippen LogP contribution in [0.4, 0.5) is 16.2 Å². The van der Waals surface area contributed by atoms with Gasteiger partial charge < -0.3 is 16.0 Å². The third-order valence-corrected chi connectivity index (χ3v) is 5.08. The minimum Gasteiger partial charge on any atom is -0.349 e. The second-order valence-corrected chi connectivity index (χ2v) is 7.38. The Morgan fingerprint density at radius 2 is 1.75 bits per heavy atom. The molecule has 2 aromatic carbocycles. The van der Waals surface area contributed by atoms with Crippen molar-refractivity contribution in [1.29, 1.82) is 0 Å². The van der Waals surface area contributed by atoms with Crippen LogP contribution in [-0.4, -0.2) is 35.4 Å². The predicted molar refractivity (Wildman–Crippen MR) is 121 cm³/mol. The zero-order valence-electron chi connectivity index (χ0n) is 17.3. The van der Waals surface area contributed by atoms with E-state index in [1.807, 2.05) is 42.5 Å². The Morgan fingerprint density at radius 1 is 1.00 bits per heavy atom. The number of nitrogens with one attached hydrogen (secondary N) is 3. The van der Waals surface area contributed by atoms with Gasteiger partial charge in [0, 0.05) is 12.6 Å². The molecule has 8 heteroatoms. The zero-order valence-corrected chi connectivity index (χ0v) is 17.3. The third-order valence-electron chi connectivity index (χ3n) is 5.08. The number of fused-ring (bicyclic) bond motifs is 1. The molecule has 4 rings (SSSR count). The number of anilines is 2. The normalized spacial score (nSPS) is 13.5. The van der Waals surface area contributed by atoms with Crippen molar-refractivity contribution in [2.24, 2.45) is 0 Å². The highest BCUT2D eigenvalue weighted by Gasteiger charge is 2.30. The number of carbonyl (C=O) groups is 3. The van der Waals surface area contributed by atoms with Crippen molar-refractivity contribution in [1.82, 2.24) is 15.6 Å². The molecule has 1 aliphatic heterocycles. The maximum atomic E-state index is 13.1. The second kappa shape index (κ2) is 9.74. The van der Waals surface area contributed by atoms with Gasteiger partial charge in [0.1, 0.15) is 12.6 Å². The van der Waals surface area contributed by atoms with Crippen molar-refractivity contribution in [3.8, 4) is 0 Å². The Kier molecular flexibility index (Phi) is 6.41. The molecular formula is C24H23N5O3. The molecule has 2 heterocycles. The van der Waals surface area contributed by atoms with E-state index in [0.29, 0.717) is 23.5 Å². The molecule has 4 amide bonds. The van der Waals surface area contributed by atoms with Crippen LogP contribution in [0.3, 0.4) is 0 Å². The molecule has 3 aromatic rings. The van der Waals surface area contributed by atoms with E-state index in [9.17, 15) is 14.4 Å². The van der Waals surface area contributed by atoms with Gasteiger partial charge in [0.05, 0.1) is 23.6 Å². The monoisotopic (exact) mass is 429 g/mol. The lowest BCUT2D eigenvalue weighted by molar-refractivity contribution is -0.123. The minimum absolute atomic E-state index is 0.129. The van der Waals surface area contributed by atoms with Gasteiger partial charge in [-0.15, -0.1) is 0 Å². The first-order valence-corrected chi connectivity index (χ1v) is 10.3. The van der Waals surface area contributed by atoms with Gasteiger partial charge >= 0.3 is 6.03 Å². The van der Waals surface area contributed by atoms with E-state index in [-0.39, 0.29) is 24.9 Å². The Bertz CT molecular complexity index is 1100. The summed E-state index contributed by atoms with van der Waals surface area (Å²) >= 11 is 0. The van der Waals surface area contributed by atoms with Crippen LogP contribution in [0.25, 0.3) is 0 Å². The standard InChI is InChI=1S/C24H23N5O3/c30-22-16-29(21-12-5-4-11-19(21)27-22)24(32)28-20(14-17-8-2-1-3-9-17)23(31)26-15-18-10-6-7-13-25-18/h1-13,20H,14-16H2,(H,26,31)(H,27,30)(H,28,32)/t20-/m0/s1. The molecule has 8 nitrogen and oxygen atoms in total. The highest BCUT2D eigenvalue weighted by atomic mass is 16.2. The highest BCUT2D eigenvalue weighted by Crippen LogP contribution is 2.28. The van der Waals surface area contributed by atoms with Crippen LogP contribution in [0.5, 0.6) is 0 Å². The average Bonchev–Trinajstić information content (AvgIpc) is 2.82. The molecule has 0 fully saturated rings. The summed E-state index contributed by atoms with van der Waals surface area (Å²) < 4.78 is 0. The van der Waals surface area contributed by atoms with Gasteiger partial charge in [0.15, 0.2) is 0 Å². The van der Waals surface area contributed by atoms with Gasteiger partial charge in [-0.05, 0) is 29.8 Å². The Balaban J connectivity index is 1.51.